The lowest BCUT2D eigenvalue weighted by molar-refractivity contribution is 0.331. The molecule has 0 bridgehead atoms. The molecule has 0 amide bonds. The first kappa shape index (κ1) is 8.75. The quantitative estimate of drug-likeness (QED) is 0.707. The predicted molar refractivity (Wildman–Crippen MR) is 40.3 cm³/mol. The van der Waals surface area contributed by atoms with Crippen molar-refractivity contribution >= 4 is 11.6 Å². The van der Waals surface area contributed by atoms with Crippen molar-refractivity contribution in [2.45, 2.75) is 0 Å². The van der Waals surface area contributed by atoms with Gasteiger partial charge in [-0.05, 0) is 6.07 Å². The zero-order chi connectivity index (χ0) is 8.97. The molecule has 1 heterocycles. The highest BCUT2D eigenvalue weighted by Crippen LogP contribution is 2.16. The highest BCUT2D eigenvalue weighted by molar-refractivity contribution is 6.30. The number of pyridine rings is 1. The molecule has 0 spiro atoms. The van der Waals surface area contributed by atoms with E-state index in [2.05, 4.69) is 9.72 Å². The molecule has 0 aliphatic rings. The van der Waals surface area contributed by atoms with Gasteiger partial charge in [0.15, 0.2) is 12.4 Å². The smallest absolute Gasteiger partial charge is 0.251 e. The van der Waals surface area contributed by atoms with Crippen LogP contribution in [0.3, 0.4) is 0 Å². The van der Waals surface area contributed by atoms with Gasteiger partial charge in [-0.25, -0.2) is 9.37 Å². The van der Waals surface area contributed by atoms with Crippen LogP contribution in [0.25, 0.3) is 0 Å². The SMILES string of the molecule is N#CCOc1ncc(Cl)cc1F. The Hall–Kier alpha value is -1.34. The lowest BCUT2D eigenvalue weighted by Gasteiger charge is -2.00. The molecule has 0 N–H and O–H groups in total. The summed E-state index contributed by atoms with van der Waals surface area (Å²) >= 11 is 5.43. The number of aromatic nitrogens is 1. The standard InChI is InChI=1S/C7H4ClFN2O/c8-5-3-6(9)7(11-4-5)12-2-1-10/h3-4H,2H2. The van der Waals surface area contributed by atoms with E-state index in [1.54, 1.807) is 6.07 Å². The van der Waals surface area contributed by atoms with Crippen molar-refractivity contribution in [3.05, 3.63) is 23.1 Å². The second-order valence-electron chi connectivity index (χ2n) is 1.89. The van der Waals surface area contributed by atoms with Crippen LogP contribution in [0.2, 0.25) is 5.02 Å². The van der Waals surface area contributed by atoms with E-state index in [1.807, 2.05) is 0 Å². The van der Waals surface area contributed by atoms with E-state index >= 15 is 0 Å². The van der Waals surface area contributed by atoms with E-state index in [0.29, 0.717) is 0 Å². The molecular weight excluding hydrogens is 183 g/mol. The van der Waals surface area contributed by atoms with Crippen molar-refractivity contribution in [2.75, 3.05) is 6.61 Å². The van der Waals surface area contributed by atoms with Gasteiger partial charge in [0.1, 0.15) is 6.07 Å². The van der Waals surface area contributed by atoms with E-state index in [1.165, 1.54) is 6.20 Å². The average molecular weight is 187 g/mol. The Kier molecular flexibility index (Phi) is 2.83. The van der Waals surface area contributed by atoms with Gasteiger partial charge in [-0.2, -0.15) is 5.26 Å². The fraction of sp³-hybridized carbons (Fsp3) is 0.143. The first-order chi connectivity index (χ1) is 5.74. The zero-order valence-electron chi connectivity index (χ0n) is 5.92. The minimum atomic E-state index is -0.669. The van der Waals surface area contributed by atoms with Crippen LogP contribution in [-0.2, 0) is 0 Å². The average Bonchev–Trinajstić information content (AvgIpc) is 2.03. The molecule has 0 unspecified atom stereocenters. The Balaban J connectivity index is 2.81. The van der Waals surface area contributed by atoms with Gasteiger partial charge in [0.25, 0.3) is 5.88 Å². The van der Waals surface area contributed by atoms with E-state index < -0.39 is 5.82 Å². The lowest BCUT2D eigenvalue weighted by atomic mass is 10.4. The van der Waals surface area contributed by atoms with Crippen LogP contribution in [0.5, 0.6) is 5.88 Å². The van der Waals surface area contributed by atoms with Gasteiger partial charge in [-0.15, -0.1) is 0 Å². The Labute approximate surface area is 73.4 Å². The third-order valence-electron chi connectivity index (χ3n) is 1.05. The number of hydrogen-bond acceptors (Lipinski definition) is 3. The van der Waals surface area contributed by atoms with Crippen molar-refractivity contribution < 1.29 is 9.13 Å². The highest BCUT2D eigenvalue weighted by Gasteiger charge is 2.04. The summed E-state index contributed by atoms with van der Waals surface area (Å²) in [6.45, 7) is -0.231. The molecule has 12 heavy (non-hydrogen) atoms. The summed E-state index contributed by atoms with van der Waals surface area (Å²) < 4.78 is 17.4. The largest absolute Gasteiger partial charge is 0.460 e. The van der Waals surface area contributed by atoms with Crippen LogP contribution in [-0.4, -0.2) is 11.6 Å². The van der Waals surface area contributed by atoms with E-state index in [9.17, 15) is 4.39 Å². The summed E-state index contributed by atoms with van der Waals surface area (Å²) in [5.74, 6) is -0.876. The van der Waals surface area contributed by atoms with Gasteiger partial charge in [0.2, 0.25) is 0 Å². The Bertz CT molecular complexity index is 324. The molecule has 5 heteroatoms. The van der Waals surface area contributed by atoms with Crippen molar-refractivity contribution in [2.24, 2.45) is 0 Å². The van der Waals surface area contributed by atoms with E-state index in [0.717, 1.165) is 6.07 Å². The zero-order valence-corrected chi connectivity index (χ0v) is 6.68. The minimum Gasteiger partial charge on any atom is -0.460 e. The van der Waals surface area contributed by atoms with E-state index in [-0.39, 0.29) is 17.5 Å². The monoisotopic (exact) mass is 186 g/mol. The van der Waals surface area contributed by atoms with Crippen LogP contribution >= 0.6 is 11.6 Å². The van der Waals surface area contributed by atoms with Gasteiger partial charge in [-0.1, -0.05) is 11.6 Å². The number of nitrogens with zero attached hydrogens (tertiary/aromatic N) is 2. The molecule has 0 aliphatic carbocycles. The third kappa shape index (κ3) is 2.07. The first-order valence-corrected chi connectivity index (χ1v) is 3.42. The van der Waals surface area contributed by atoms with Crippen LogP contribution in [0, 0.1) is 17.1 Å². The van der Waals surface area contributed by atoms with Crippen molar-refractivity contribution in [1.29, 1.82) is 5.26 Å². The number of halogens is 2. The van der Waals surface area contributed by atoms with Crippen LogP contribution in [0.1, 0.15) is 0 Å². The lowest BCUT2D eigenvalue weighted by Crippen LogP contribution is -1.98. The molecule has 1 aromatic rings. The normalized spacial score (nSPS) is 9.08. The molecule has 3 nitrogen and oxygen atoms in total. The van der Waals surface area contributed by atoms with Crippen LogP contribution in [0.15, 0.2) is 12.3 Å². The number of ether oxygens (including phenoxy) is 1. The van der Waals surface area contributed by atoms with Crippen molar-refractivity contribution in [1.82, 2.24) is 4.98 Å². The highest BCUT2D eigenvalue weighted by atomic mass is 35.5. The number of hydrogen-bond donors (Lipinski definition) is 0. The maximum Gasteiger partial charge on any atom is 0.251 e. The number of nitriles is 1. The summed E-state index contributed by atoms with van der Waals surface area (Å²) in [5.41, 5.74) is 0. The molecule has 0 fully saturated rings. The summed E-state index contributed by atoms with van der Waals surface area (Å²) in [7, 11) is 0. The van der Waals surface area contributed by atoms with Gasteiger partial charge in [-0.3, -0.25) is 0 Å². The van der Waals surface area contributed by atoms with Crippen LogP contribution in [0.4, 0.5) is 4.39 Å². The molecule has 0 saturated heterocycles. The second kappa shape index (κ2) is 3.88. The van der Waals surface area contributed by atoms with Gasteiger partial charge < -0.3 is 4.74 Å². The molecule has 1 rings (SSSR count). The van der Waals surface area contributed by atoms with Crippen molar-refractivity contribution in [3.63, 3.8) is 0 Å². The fourth-order valence-corrected chi connectivity index (χ4v) is 0.753. The molecular formula is C7H4ClFN2O. The molecule has 0 atom stereocenters. The van der Waals surface area contributed by atoms with Crippen LogP contribution < -0.4 is 4.74 Å². The van der Waals surface area contributed by atoms with Gasteiger partial charge in [0, 0.05) is 6.20 Å². The molecule has 0 aromatic carbocycles. The van der Waals surface area contributed by atoms with Crippen molar-refractivity contribution in [3.8, 4) is 11.9 Å². The third-order valence-corrected chi connectivity index (χ3v) is 1.25. The molecule has 62 valence electrons. The van der Waals surface area contributed by atoms with E-state index in [4.69, 9.17) is 16.9 Å². The second-order valence-corrected chi connectivity index (χ2v) is 2.32. The molecule has 0 aliphatic heterocycles. The summed E-state index contributed by atoms with van der Waals surface area (Å²) in [6.07, 6.45) is 1.25. The number of rotatable bonds is 2. The minimum absolute atomic E-state index is 0.191. The maximum atomic E-state index is 12.8. The Morgan fingerprint density at radius 3 is 3.08 bits per heavy atom. The van der Waals surface area contributed by atoms with Gasteiger partial charge >= 0.3 is 0 Å². The predicted octanol–water partition coefficient (Wildman–Crippen LogP) is 1.78. The summed E-state index contributed by atoms with van der Waals surface area (Å²) in [5, 5.41) is 8.31. The maximum absolute atomic E-state index is 12.8. The molecule has 0 radical (unpaired) electrons. The molecule has 1 aromatic heterocycles. The molecule has 0 saturated carbocycles. The summed E-state index contributed by atoms with van der Waals surface area (Å²) in [6, 6.07) is 2.77. The fourth-order valence-electron chi connectivity index (χ4n) is 0.609. The first-order valence-electron chi connectivity index (χ1n) is 3.05. The Morgan fingerprint density at radius 1 is 1.75 bits per heavy atom. The summed E-state index contributed by atoms with van der Waals surface area (Å²) in [4.78, 5) is 3.54. The Morgan fingerprint density at radius 2 is 2.50 bits per heavy atom. The van der Waals surface area contributed by atoms with Gasteiger partial charge in [0.05, 0.1) is 5.02 Å². The topological polar surface area (TPSA) is 45.9 Å².